The summed E-state index contributed by atoms with van der Waals surface area (Å²) in [7, 11) is 0. The average molecular weight is 172 g/mol. The molecule has 0 aromatic rings. The molecule has 3 nitrogen and oxygen atoms in total. The summed E-state index contributed by atoms with van der Waals surface area (Å²) < 4.78 is 9.57. The van der Waals surface area contributed by atoms with Gasteiger partial charge in [0, 0.05) is 0 Å². The topological polar surface area (TPSA) is 35.5 Å². The van der Waals surface area contributed by atoms with Gasteiger partial charge in [0.15, 0.2) is 0 Å². The van der Waals surface area contributed by atoms with Crippen molar-refractivity contribution < 1.29 is 14.3 Å². The molecule has 0 aliphatic carbocycles. The lowest BCUT2D eigenvalue weighted by molar-refractivity contribution is 0.112. The maximum atomic E-state index is 10.5. The molecule has 1 saturated heterocycles. The van der Waals surface area contributed by atoms with Crippen LogP contribution in [-0.2, 0) is 9.47 Å². The standard InChI is InChI=1S/C9H16O3/c1-9(2,3)5-4-7-6-11-8(10)12-7/h7H,4-6H2,1-3H3. The van der Waals surface area contributed by atoms with Gasteiger partial charge in [-0.25, -0.2) is 4.79 Å². The van der Waals surface area contributed by atoms with Crippen molar-refractivity contribution in [2.75, 3.05) is 6.61 Å². The molecule has 0 radical (unpaired) electrons. The minimum absolute atomic E-state index is 0.0169. The van der Waals surface area contributed by atoms with Gasteiger partial charge in [0.25, 0.3) is 0 Å². The molecule has 70 valence electrons. The highest BCUT2D eigenvalue weighted by Crippen LogP contribution is 2.24. The third-order valence-electron chi connectivity index (χ3n) is 1.87. The second-order valence-electron chi connectivity index (χ2n) is 4.40. The lowest BCUT2D eigenvalue weighted by Gasteiger charge is -2.18. The van der Waals surface area contributed by atoms with Crippen LogP contribution in [0.3, 0.4) is 0 Å². The molecular weight excluding hydrogens is 156 g/mol. The number of carbonyl (C=O) groups is 1. The van der Waals surface area contributed by atoms with E-state index in [0.717, 1.165) is 12.8 Å². The predicted octanol–water partition coefficient (Wildman–Crippen LogP) is 2.35. The number of rotatable bonds is 2. The highest BCUT2D eigenvalue weighted by atomic mass is 16.8. The largest absolute Gasteiger partial charge is 0.508 e. The number of ether oxygens (including phenoxy) is 2. The smallest absolute Gasteiger partial charge is 0.430 e. The summed E-state index contributed by atoms with van der Waals surface area (Å²) in [5, 5.41) is 0. The molecule has 1 heterocycles. The molecule has 3 heteroatoms. The molecule has 0 spiro atoms. The summed E-state index contributed by atoms with van der Waals surface area (Å²) in [4.78, 5) is 10.5. The Labute approximate surface area is 73.0 Å². The van der Waals surface area contributed by atoms with Crippen molar-refractivity contribution in [1.29, 1.82) is 0 Å². The van der Waals surface area contributed by atoms with Gasteiger partial charge in [-0.1, -0.05) is 20.8 Å². The first kappa shape index (κ1) is 9.36. The van der Waals surface area contributed by atoms with Crippen molar-refractivity contribution in [2.24, 2.45) is 5.41 Å². The summed E-state index contributed by atoms with van der Waals surface area (Å²) >= 11 is 0. The molecule has 0 saturated carbocycles. The van der Waals surface area contributed by atoms with Crippen molar-refractivity contribution >= 4 is 6.16 Å². The molecule has 0 bridgehead atoms. The van der Waals surface area contributed by atoms with Gasteiger partial charge in [-0.15, -0.1) is 0 Å². The SMILES string of the molecule is CC(C)(C)CCC1COC(=O)O1. The molecule has 1 aliphatic rings. The molecule has 1 rings (SSSR count). The van der Waals surface area contributed by atoms with Crippen LogP contribution < -0.4 is 0 Å². The minimum atomic E-state index is -0.520. The van der Waals surface area contributed by atoms with Gasteiger partial charge in [0.1, 0.15) is 12.7 Å². The summed E-state index contributed by atoms with van der Waals surface area (Å²) in [6.07, 6.45) is 1.41. The first-order valence-corrected chi connectivity index (χ1v) is 4.31. The van der Waals surface area contributed by atoms with E-state index in [1.165, 1.54) is 0 Å². The second-order valence-corrected chi connectivity index (χ2v) is 4.40. The first-order valence-electron chi connectivity index (χ1n) is 4.31. The lowest BCUT2D eigenvalue weighted by atomic mass is 9.89. The van der Waals surface area contributed by atoms with Crippen LogP contribution in [0.5, 0.6) is 0 Å². The average Bonchev–Trinajstić information content (AvgIpc) is 2.30. The number of hydrogen-bond donors (Lipinski definition) is 0. The zero-order chi connectivity index (χ0) is 9.19. The molecule has 0 aromatic carbocycles. The van der Waals surface area contributed by atoms with E-state index in [-0.39, 0.29) is 6.10 Å². The van der Waals surface area contributed by atoms with Gasteiger partial charge >= 0.3 is 6.16 Å². The predicted molar refractivity (Wildman–Crippen MR) is 44.9 cm³/mol. The molecule has 1 atom stereocenters. The van der Waals surface area contributed by atoms with Crippen LogP contribution in [0.15, 0.2) is 0 Å². The monoisotopic (exact) mass is 172 g/mol. The second kappa shape index (κ2) is 3.33. The van der Waals surface area contributed by atoms with E-state index in [2.05, 4.69) is 25.5 Å². The Morgan fingerprint density at radius 3 is 2.58 bits per heavy atom. The molecule has 12 heavy (non-hydrogen) atoms. The molecule has 1 aliphatic heterocycles. The Kier molecular flexibility index (Phi) is 2.60. The zero-order valence-electron chi connectivity index (χ0n) is 7.92. The van der Waals surface area contributed by atoms with E-state index in [1.807, 2.05) is 0 Å². The normalized spacial score (nSPS) is 23.6. The van der Waals surface area contributed by atoms with Gasteiger partial charge in [0.05, 0.1) is 0 Å². The summed E-state index contributed by atoms with van der Waals surface area (Å²) in [5.74, 6) is 0. The quantitative estimate of drug-likeness (QED) is 0.600. The summed E-state index contributed by atoms with van der Waals surface area (Å²) in [6.45, 7) is 6.94. The first-order chi connectivity index (χ1) is 5.47. The highest BCUT2D eigenvalue weighted by molar-refractivity contribution is 5.61. The molecule has 1 unspecified atom stereocenters. The Morgan fingerprint density at radius 1 is 1.50 bits per heavy atom. The lowest BCUT2D eigenvalue weighted by Crippen LogP contribution is -2.14. The van der Waals surface area contributed by atoms with E-state index in [0.29, 0.717) is 12.0 Å². The fourth-order valence-electron chi connectivity index (χ4n) is 1.10. The molecule has 1 fully saturated rings. The maximum absolute atomic E-state index is 10.5. The highest BCUT2D eigenvalue weighted by Gasteiger charge is 2.26. The number of hydrogen-bond acceptors (Lipinski definition) is 3. The molecule has 0 amide bonds. The fraction of sp³-hybridized carbons (Fsp3) is 0.889. The molecular formula is C9H16O3. The van der Waals surface area contributed by atoms with E-state index in [9.17, 15) is 4.79 Å². The van der Waals surface area contributed by atoms with Gasteiger partial charge in [-0.2, -0.15) is 0 Å². The van der Waals surface area contributed by atoms with Gasteiger partial charge in [-0.05, 0) is 18.3 Å². The van der Waals surface area contributed by atoms with Crippen molar-refractivity contribution in [3.8, 4) is 0 Å². The van der Waals surface area contributed by atoms with Gasteiger partial charge in [0.2, 0.25) is 0 Å². The summed E-state index contributed by atoms with van der Waals surface area (Å²) in [6, 6.07) is 0. The zero-order valence-corrected chi connectivity index (χ0v) is 7.92. The Hall–Kier alpha value is -0.730. The van der Waals surface area contributed by atoms with E-state index < -0.39 is 6.16 Å². The third-order valence-corrected chi connectivity index (χ3v) is 1.87. The van der Waals surface area contributed by atoms with Crippen LogP contribution in [0.2, 0.25) is 0 Å². The Balaban J connectivity index is 2.20. The van der Waals surface area contributed by atoms with E-state index >= 15 is 0 Å². The van der Waals surface area contributed by atoms with Crippen molar-refractivity contribution in [2.45, 2.75) is 39.7 Å². The maximum Gasteiger partial charge on any atom is 0.508 e. The molecule has 0 aromatic heterocycles. The van der Waals surface area contributed by atoms with Crippen LogP contribution in [0.25, 0.3) is 0 Å². The van der Waals surface area contributed by atoms with Crippen LogP contribution in [-0.4, -0.2) is 18.9 Å². The van der Waals surface area contributed by atoms with Crippen LogP contribution in [0.4, 0.5) is 4.79 Å². The number of cyclic esters (lactones) is 2. The minimum Gasteiger partial charge on any atom is -0.430 e. The van der Waals surface area contributed by atoms with Crippen LogP contribution >= 0.6 is 0 Å². The van der Waals surface area contributed by atoms with Crippen LogP contribution in [0, 0.1) is 5.41 Å². The van der Waals surface area contributed by atoms with Gasteiger partial charge < -0.3 is 9.47 Å². The van der Waals surface area contributed by atoms with Crippen molar-refractivity contribution in [3.05, 3.63) is 0 Å². The Bertz CT molecular complexity index is 169. The van der Waals surface area contributed by atoms with Gasteiger partial charge in [-0.3, -0.25) is 0 Å². The van der Waals surface area contributed by atoms with Crippen LogP contribution in [0.1, 0.15) is 33.6 Å². The third kappa shape index (κ3) is 3.11. The summed E-state index contributed by atoms with van der Waals surface area (Å²) in [5.41, 5.74) is 0.301. The van der Waals surface area contributed by atoms with Crippen molar-refractivity contribution in [1.82, 2.24) is 0 Å². The Morgan fingerprint density at radius 2 is 2.17 bits per heavy atom. The van der Waals surface area contributed by atoms with Crippen molar-refractivity contribution in [3.63, 3.8) is 0 Å². The molecule has 0 N–H and O–H groups in total. The van der Waals surface area contributed by atoms with E-state index in [4.69, 9.17) is 4.74 Å². The fourth-order valence-corrected chi connectivity index (χ4v) is 1.10. The van der Waals surface area contributed by atoms with E-state index in [1.54, 1.807) is 0 Å². The number of carbonyl (C=O) groups excluding carboxylic acids is 1.